The van der Waals surface area contributed by atoms with Crippen molar-refractivity contribution in [2.45, 2.75) is 33.2 Å². The third kappa shape index (κ3) is 3.19. The van der Waals surface area contributed by atoms with E-state index >= 15 is 0 Å². The van der Waals surface area contributed by atoms with Crippen LogP contribution in [0.15, 0.2) is 12.2 Å². The zero-order valence-corrected chi connectivity index (χ0v) is 9.03. The van der Waals surface area contributed by atoms with Gasteiger partial charge >= 0.3 is 5.97 Å². The zero-order valence-electron chi connectivity index (χ0n) is 9.03. The van der Waals surface area contributed by atoms with Crippen molar-refractivity contribution in [2.75, 3.05) is 0 Å². The Bertz CT molecular complexity index is 382. The molecule has 5 heteroatoms. The highest BCUT2D eigenvalue weighted by Crippen LogP contribution is 2.07. The Balaban J connectivity index is 2.70. The summed E-state index contributed by atoms with van der Waals surface area (Å²) in [5.41, 5.74) is 2.66. The van der Waals surface area contributed by atoms with Gasteiger partial charge in [-0.25, -0.2) is 4.68 Å². The maximum atomic E-state index is 10.4. The molecule has 1 aromatic heterocycles. The third-order valence-corrected chi connectivity index (χ3v) is 2.07. The van der Waals surface area contributed by atoms with Gasteiger partial charge in [0.2, 0.25) is 0 Å². The summed E-state index contributed by atoms with van der Waals surface area (Å²) in [5, 5.41) is 16.4. The average molecular weight is 209 g/mol. The smallest absolute Gasteiger partial charge is 0.303 e. The van der Waals surface area contributed by atoms with Crippen molar-refractivity contribution >= 4 is 5.97 Å². The molecule has 0 fully saturated rings. The fourth-order valence-corrected chi connectivity index (χ4v) is 1.26. The van der Waals surface area contributed by atoms with Gasteiger partial charge in [0, 0.05) is 6.42 Å². The molecule has 0 saturated heterocycles. The summed E-state index contributed by atoms with van der Waals surface area (Å²) in [4.78, 5) is 10.4. The van der Waals surface area contributed by atoms with Crippen molar-refractivity contribution in [3.8, 4) is 0 Å². The molecule has 82 valence electrons. The maximum absolute atomic E-state index is 10.4. The number of rotatable bonds is 5. The Hall–Kier alpha value is -1.65. The summed E-state index contributed by atoms with van der Waals surface area (Å²) in [7, 11) is 0. The molecule has 1 N–H and O–H groups in total. The van der Waals surface area contributed by atoms with E-state index in [1.807, 2.05) is 13.8 Å². The summed E-state index contributed by atoms with van der Waals surface area (Å²) in [6.45, 7) is 8.23. The fourth-order valence-electron chi connectivity index (χ4n) is 1.26. The molecule has 1 aromatic rings. The van der Waals surface area contributed by atoms with E-state index in [2.05, 4.69) is 16.9 Å². The van der Waals surface area contributed by atoms with Gasteiger partial charge in [-0.05, 0) is 13.8 Å². The third-order valence-electron chi connectivity index (χ3n) is 2.07. The van der Waals surface area contributed by atoms with Crippen LogP contribution in [0.4, 0.5) is 0 Å². The molecular weight excluding hydrogens is 194 g/mol. The molecule has 5 nitrogen and oxygen atoms in total. The SMILES string of the molecule is C=C(C)Cn1nnc(CCC(=O)O)c1C. The quantitative estimate of drug-likeness (QED) is 0.739. The van der Waals surface area contributed by atoms with Crippen molar-refractivity contribution in [3.63, 3.8) is 0 Å². The van der Waals surface area contributed by atoms with E-state index in [-0.39, 0.29) is 6.42 Å². The second kappa shape index (κ2) is 4.72. The first-order chi connectivity index (χ1) is 7.00. The molecule has 0 spiro atoms. The molecule has 0 saturated carbocycles. The van der Waals surface area contributed by atoms with Crippen molar-refractivity contribution < 1.29 is 9.90 Å². The van der Waals surface area contributed by atoms with Crippen LogP contribution in [0.2, 0.25) is 0 Å². The number of carboxylic acids is 1. The molecule has 0 aromatic carbocycles. The minimum absolute atomic E-state index is 0.0899. The van der Waals surface area contributed by atoms with Gasteiger partial charge in [0.25, 0.3) is 0 Å². The molecule has 1 rings (SSSR count). The molecule has 0 unspecified atom stereocenters. The standard InChI is InChI=1S/C10H15N3O2/c1-7(2)6-13-8(3)9(11-12-13)4-5-10(14)15/h1,4-6H2,2-3H3,(H,14,15). The maximum Gasteiger partial charge on any atom is 0.303 e. The monoisotopic (exact) mass is 209 g/mol. The first-order valence-electron chi connectivity index (χ1n) is 4.76. The Morgan fingerprint density at radius 1 is 1.60 bits per heavy atom. The van der Waals surface area contributed by atoms with Crippen molar-refractivity contribution in [1.82, 2.24) is 15.0 Å². The molecular formula is C10H15N3O2. The van der Waals surface area contributed by atoms with Gasteiger partial charge in [-0.1, -0.05) is 17.4 Å². The van der Waals surface area contributed by atoms with Gasteiger partial charge in [-0.3, -0.25) is 4.79 Å². The average Bonchev–Trinajstić information content (AvgIpc) is 2.44. The number of allylic oxidation sites excluding steroid dienone is 1. The lowest BCUT2D eigenvalue weighted by Gasteiger charge is -2.02. The summed E-state index contributed by atoms with van der Waals surface area (Å²) in [6.07, 6.45) is 0.518. The largest absolute Gasteiger partial charge is 0.481 e. The number of aromatic nitrogens is 3. The van der Waals surface area contributed by atoms with Crippen LogP contribution < -0.4 is 0 Å². The Morgan fingerprint density at radius 2 is 2.27 bits per heavy atom. The van der Waals surface area contributed by atoms with E-state index in [1.165, 1.54) is 0 Å². The van der Waals surface area contributed by atoms with E-state index in [1.54, 1.807) is 4.68 Å². The minimum atomic E-state index is -0.816. The number of nitrogens with zero attached hydrogens (tertiary/aromatic N) is 3. The molecule has 0 bridgehead atoms. The molecule has 15 heavy (non-hydrogen) atoms. The number of hydrogen-bond acceptors (Lipinski definition) is 3. The van der Waals surface area contributed by atoms with E-state index in [0.29, 0.717) is 13.0 Å². The lowest BCUT2D eigenvalue weighted by atomic mass is 10.2. The molecule has 0 atom stereocenters. The van der Waals surface area contributed by atoms with Gasteiger partial charge in [0.1, 0.15) is 0 Å². The number of aryl methyl sites for hydroxylation is 1. The Labute approximate surface area is 88.4 Å². The highest BCUT2D eigenvalue weighted by molar-refractivity contribution is 5.66. The summed E-state index contributed by atoms with van der Waals surface area (Å²) >= 11 is 0. The van der Waals surface area contributed by atoms with E-state index < -0.39 is 5.97 Å². The second-order valence-electron chi connectivity index (χ2n) is 3.63. The van der Waals surface area contributed by atoms with Crippen LogP contribution in [0.5, 0.6) is 0 Å². The van der Waals surface area contributed by atoms with Crippen LogP contribution >= 0.6 is 0 Å². The van der Waals surface area contributed by atoms with Crippen molar-refractivity contribution in [3.05, 3.63) is 23.5 Å². The number of carboxylic acid groups (broad SMARTS) is 1. The normalized spacial score (nSPS) is 10.3. The van der Waals surface area contributed by atoms with Crippen LogP contribution in [0.1, 0.15) is 24.7 Å². The number of hydrogen-bond donors (Lipinski definition) is 1. The van der Waals surface area contributed by atoms with Crippen LogP contribution in [0.25, 0.3) is 0 Å². The molecule has 0 amide bonds. The van der Waals surface area contributed by atoms with Crippen LogP contribution in [-0.4, -0.2) is 26.1 Å². The molecule has 0 aliphatic rings. The van der Waals surface area contributed by atoms with Gasteiger partial charge in [0.15, 0.2) is 0 Å². The molecule has 0 aliphatic heterocycles. The minimum Gasteiger partial charge on any atom is -0.481 e. The Kier molecular flexibility index (Phi) is 3.60. The summed E-state index contributed by atoms with van der Waals surface area (Å²) in [5.74, 6) is -0.816. The number of carbonyl (C=O) groups is 1. The lowest BCUT2D eigenvalue weighted by molar-refractivity contribution is -0.136. The fraction of sp³-hybridized carbons (Fsp3) is 0.500. The highest BCUT2D eigenvalue weighted by atomic mass is 16.4. The zero-order chi connectivity index (χ0) is 11.4. The highest BCUT2D eigenvalue weighted by Gasteiger charge is 2.09. The van der Waals surface area contributed by atoms with Crippen molar-refractivity contribution in [1.29, 1.82) is 0 Å². The topological polar surface area (TPSA) is 68.0 Å². The van der Waals surface area contributed by atoms with Gasteiger partial charge in [-0.15, -0.1) is 5.10 Å². The molecule has 0 aliphatic carbocycles. The summed E-state index contributed by atoms with van der Waals surface area (Å²) < 4.78 is 1.74. The van der Waals surface area contributed by atoms with Crippen LogP contribution in [0.3, 0.4) is 0 Å². The summed E-state index contributed by atoms with van der Waals surface area (Å²) in [6, 6.07) is 0. The van der Waals surface area contributed by atoms with Crippen LogP contribution in [-0.2, 0) is 17.8 Å². The van der Waals surface area contributed by atoms with Crippen LogP contribution in [0, 0.1) is 6.92 Å². The first kappa shape index (κ1) is 11.4. The Morgan fingerprint density at radius 3 is 2.80 bits per heavy atom. The second-order valence-corrected chi connectivity index (χ2v) is 3.63. The predicted molar refractivity (Wildman–Crippen MR) is 55.5 cm³/mol. The lowest BCUT2D eigenvalue weighted by Crippen LogP contribution is -2.04. The van der Waals surface area contributed by atoms with Gasteiger partial charge in [0.05, 0.1) is 24.4 Å². The van der Waals surface area contributed by atoms with E-state index in [9.17, 15) is 4.79 Å². The molecule has 1 heterocycles. The predicted octanol–water partition coefficient (Wildman–Crippen LogP) is 1.18. The van der Waals surface area contributed by atoms with Gasteiger partial charge in [-0.2, -0.15) is 0 Å². The van der Waals surface area contributed by atoms with Gasteiger partial charge < -0.3 is 5.11 Å². The van der Waals surface area contributed by atoms with E-state index in [4.69, 9.17) is 5.11 Å². The van der Waals surface area contributed by atoms with Crippen molar-refractivity contribution in [2.24, 2.45) is 0 Å². The van der Waals surface area contributed by atoms with E-state index in [0.717, 1.165) is 17.0 Å². The first-order valence-corrected chi connectivity index (χ1v) is 4.76. The molecule has 0 radical (unpaired) electrons. The number of aliphatic carboxylic acids is 1.